The number of nitriles is 1. The summed E-state index contributed by atoms with van der Waals surface area (Å²) in [6.07, 6.45) is 0.797. The number of methoxy groups -OCH3 is 1. The van der Waals surface area contributed by atoms with Gasteiger partial charge in [0.15, 0.2) is 0 Å². The fraction of sp³-hybridized carbons (Fsp3) is 0.462. The smallest absolute Gasteiger partial charge is 0.137 e. The Morgan fingerprint density at radius 1 is 1.53 bits per heavy atom. The zero-order valence-electron chi connectivity index (χ0n) is 10.3. The first kappa shape index (κ1) is 13.8. The van der Waals surface area contributed by atoms with Gasteiger partial charge < -0.3 is 10.1 Å². The van der Waals surface area contributed by atoms with Crippen molar-refractivity contribution in [2.24, 2.45) is 5.92 Å². The van der Waals surface area contributed by atoms with Crippen LogP contribution in [0.4, 0.5) is 0 Å². The maximum absolute atomic E-state index is 9.11. The second-order valence-corrected chi connectivity index (χ2v) is 4.21. The third kappa shape index (κ3) is 3.12. The van der Waals surface area contributed by atoms with E-state index < -0.39 is 0 Å². The minimum Gasteiger partial charge on any atom is -0.495 e. The van der Waals surface area contributed by atoms with Crippen LogP contribution >= 0.6 is 11.6 Å². The fourth-order valence-corrected chi connectivity index (χ4v) is 2.14. The molecule has 0 aromatic heterocycles. The van der Waals surface area contributed by atoms with Gasteiger partial charge in [-0.25, -0.2) is 0 Å². The van der Waals surface area contributed by atoms with Crippen molar-refractivity contribution < 1.29 is 4.74 Å². The number of rotatable bonds is 5. The number of ether oxygens (including phenoxy) is 1. The molecule has 0 spiro atoms. The first-order valence-corrected chi connectivity index (χ1v) is 5.96. The van der Waals surface area contributed by atoms with Crippen LogP contribution in [0.1, 0.15) is 24.9 Å². The lowest BCUT2D eigenvalue weighted by Gasteiger charge is -2.21. The molecule has 0 aliphatic rings. The Bertz CT molecular complexity index is 414. The highest BCUT2D eigenvalue weighted by Gasteiger charge is 2.20. The summed E-state index contributed by atoms with van der Waals surface area (Å²) in [5.74, 6) is 0.583. The SMILES string of the molecule is CCC(C#N)C(NC)c1ccc(OC)c(Cl)c1. The molecular weight excluding hydrogens is 236 g/mol. The fourth-order valence-electron chi connectivity index (χ4n) is 1.88. The maximum Gasteiger partial charge on any atom is 0.137 e. The molecule has 1 aromatic carbocycles. The number of hydrogen-bond acceptors (Lipinski definition) is 3. The monoisotopic (exact) mass is 252 g/mol. The van der Waals surface area contributed by atoms with E-state index in [0.717, 1.165) is 12.0 Å². The van der Waals surface area contributed by atoms with Gasteiger partial charge in [0.05, 0.1) is 24.1 Å². The highest BCUT2D eigenvalue weighted by atomic mass is 35.5. The molecule has 4 heteroatoms. The highest BCUT2D eigenvalue weighted by molar-refractivity contribution is 6.32. The van der Waals surface area contributed by atoms with Crippen LogP contribution in [0.5, 0.6) is 5.75 Å². The minimum absolute atomic E-state index is 0.00611. The molecule has 92 valence electrons. The van der Waals surface area contributed by atoms with Crippen molar-refractivity contribution in [1.82, 2.24) is 5.32 Å². The standard InChI is InChI=1S/C13H17ClN2O/c1-4-9(8-15)13(16-2)10-5-6-12(17-3)11(14)7-10/h5-7,9,13,16H,4H2,1-3H3. The Kier molecular flexibility index (Phi) is 5.27. The van der Waals surface area contributed by atoms with E-state index in [9.17, 15) is 0 Å². The van der Waals surface area contributed by atoms with E-state index in [1.165, 1.54) is 0 Å². The Morgan fingerprint density at radius 2 is 2.24 bits per heavy atom. The molecule has 0 saturated heterocycles. The summed E-state index contributed by atoms with van der Waals surface area (Å²) >= 11 is 6.09. The van der Waals surface area contributed by atoms with Crippen molar-refractivity contribution in [1.29, 1.82) is 5.26 Å². The molecule has 0 aliphatic heterocycles. The van der Waals surface area contributed by atoms with Crippen molar-refractivity contribution in [2.45, 2.75) is 19.4 Å². The Hall–Kier alpha value is -1.24. The first-order valence-electron chi connectivity index (χ1n) is 5.58. The summed E-state index contributed by atoms with van der Waals surface area (Å²) in [6.45, 7) is 2.00. The van der Waals surface area contributed by atoms with Crippen molar-refractivity contribution in [3.05, 3.63) is 28.8 Å². The van der Waals surface area contributed by atoms with Gasteiger partial charge in [-0.1, -0.05) is 24.6 Å². The quantitative estimate of drug-likeness (QED) is 0.876. The predicted octanol–water partition coefficient (Wildman–Crippen LogP) is 3.16. The second-order valence-electron chi connectivity index (χ2n) is 3.80. The molecule has 1 rings (SSSR count). The van der Waals surface area contributed by atoms with E-state index in [0.29, 0.717) is 10.8 Å². The van der Waals surface area contributed by atoms with Gasteiger partial charge in [-0.2, -0.15) is 5.26 Å². The normalized spacial score (nSPS) is 13.8. The van der Waals surface area contributed by atoms with Crippen molar-refractivity contribution >= 4 is 11.6 Å². The number of halogens is 1. The minimum atomic E-state index is -0.0653. The Balaban J connectivity index is 3.05. The average Bonchev–Trinajstić information content (AvgIpc) is 2.35. The molecule has 1 aromatic rings. The summed E-state index contributed by atoms with van der Waals surface area (Å²) < 4.78 is 5.11. The van der Waals surface area contributed by atoms with E-state index in [2.05, 4.69) is 11.4 Å². The zero-order chi connectivity index (χ0) is 12.8. The summed E-state index contributed by atoms with van der Waals surface area (Å²) in [6, 6.07) is 7.92. The Morgan fingerprint density at radius 3 is 2.65 bits per heavy atom. The third-order valence-electron chi connectivity index (χ3n) is 2.85. The number of hydrogen-bond donors (Lipinski definition) is 1. The molecule has 17 heavy (non-hydrogen) atoms. The third-order valence-corrected chi connectivity index (χ3v) is 3.15. The van der Waals surface area contributed by atoms with Crippen LogP contribution in [-0.4, -0.2) is 14.2 Å². The molecule has 0 saturated carbocycles. The number of nitrogens with one attached hydrogen (secondary N) is 1. The van der Waals surface area contributed by atoms with Crippen LogP contribution in [0.3, 0.4) is 0 Å². The summed E-state index contributed by atoms with van der Waals surface area (Å²) in [5, 5.41) is 12.8. The van der Waals surface area contributed by atoms with Gasteiger partial charge in [-0.3, -0.25) is 0 Å². The van der Waals surface area contributed by atoms with Crippen molar-refractivity contribution in [3.63, 3.8) is 0 Å². The van der Waals surface area contributed by atoms with E-state index >= 15 is 0 Å². The van der Waals surface area contributed by atoms with Gasteiger partial charge in [-0.05, 0) is 31.2 Å². The topological polar surface area (TPSA) is 45.0 Å². The van der Waals surface area contributed by atoms with E-state index in [4.69, 9.17) is 21.6 Å². The van der Waals surface area contributed by atoms with E-state index in [1.54, 1.807) is 7.11 Å². The van der Waals surface area contributed by atoms with Crippen LogP contribution in [0, 0.1) is 17.2 Å². The maximum atomic E-state index is 9.11. The van der Waals surface area contributed by atoms with Gasteiger partial charge >= 0.3 is 0 Å². The lowest BCUT2D eigenvalue weighted by Crippen LogP contribution is -2.24. The van der Waals surface area contributed by atoms with Gasteiger partial charge in [0.2, 0.25) is 0 Å². The number of nitrogens with zero attached hydrogens (tertiary/aromatic N) is 1. The van der Waals surface area contributed by atoms with Crippen LogP contribution < -0.4 is 10.1 Å². The number of benzene rings is 1. The van der Waals surface area contributed by atoms with Crippen molar-refractivity contribution in [2.75, 3.05) is 14.2 Å². The molecule has 0 amide bonds. The van der Waals surface area contributed by atoms with Gasteiger partial charge in [-0.15, -0.1) is 0 Å². The van der Waals surface area contributed by atoms with Crippen LogP contribution in [0.25, 0.3) is 0 Å². The molecule has 0 fully saturated rings. The van der Waals surface area contributed by atoms with E-state index in [1.807, 2.05) is 32.2 Å². The molecule has 1 N–H and O–H groups in total. The second kappa shape index (κ2) is 6.48. The molecule has 0 bridgehead atoms. The lowest BCUT2D eigenvalue weighted by atomic mass is 9.92. The lowest BCUT2D eigenvalue weighted by molar-refractivity contribution is 0.413. The molecule has 0 aliphatic carbocycles. The van der Waals surface area contributed by atoms with Crippen LogP contribution in [0.15, 0.2) is 18.2 Å². The molecule has 2 atom stereocenters. The predicted molar refractivity (Wildman–Crippen MR) is 69.2 cm³/mol. The van der Waals surface area contributed by atoms with Gasteiger partial charge in [0.25, 0.3) is 0 Å². The van der Waals surface area contributed by atoms with Crippen LogP contribution in [0.2, 0.25) is 5.02 Å². The highest BCUT2D eigenvalue weighted by Crippen LogP contribution is 2.31. The Labute approximate surface area is 107 Å². The van der Waals surface area contributed by atoms with Crippen LogP contribution in [-0.2, 0) is 0 Å². The van der Waals surface area contributed by atoms with Gasteiger partial charge in [0.1, 0.15) is 5.75 Å². The average molecular weight is 253 g/mol. The molecule has 3 nitrogen and oxygen atoms in total. The molecular formula is C13H17ClN2O. The zero-order valence-corrected chi connectivity index (χ0v) is 11.1. The molecule has 2 unspecified atom stereocenters. The molecule has 0 radical (unpaired) electrons. The van der Waals surface area contributed by atoms with Crippen molar-refractivity contribution in [3.8, 4) is 11.8 Å². The summed E-state index contributed by atoms with van der Waals surface area (Å²) in [5.41, 5.74) is 1.01. The summed E-state index contributed by atoms with van der Waals surface area (Å²) in [7, 11) is 3.43. The van der Waals surface area contributed by atoms with Gasteiger partial charge in [0, 0.05) is 6.04 Å². The largest absolute Gasteiger partial charge is 0.495 e. The molecule has 0 heterocycles. The van der Waals surface area contributed by atoms with E-state index in [-0.39, 0.29) is 12.0 Å². The summed E-state index contributed by atoms with van der Waals surface area (Å²) in [4.78, 5) is 0. The first-order chi connectivity index (χ1) is 8.17.